The van der Waals surface area contributed by atoms with Gasteiger partial charge in [0.1, 0.15) is 5.75 Å². The summed E-state index contributed by atoms with van der Waals surface area (Å²) in [5, 5.41) is 7.81. The van der Waals surface area contributed by atoms with E-state index in [1.807, 2.05) is 59.4 Å². The Bertz CT molecular complexity index is 1280. The number of methoxy groups -OCH3 is 1. The van der Waals surface area contributed by atoms with Gasteiger partial charge in [-0.1, -0.05) is 60.7 Å². The molecular weight excluding hydrogens is 426 g/mol. The van der Waals surface area contributed by atoms with Crippen LogP contribution in [0.2, 0.25) is 0 Å². The van der Waals surface area contributed by atoms with Gasteiger partial charge in [0.2, 0.25) is 5.91 Å². The second-order valence-electron chi connectivity index (χ2n) is 8.09. The summed E-state index contributed by atoms with van der Waals surface area (Å²) >= 11 is 0. The SMILES string of the molecule is COc1ccc(C(C)=O)cc1CC(=O)NCc1cn(Cc2ccccc2)nc1-c1ccccc1. The minimum Gasteiger partial charge on any atom is -0.496 e. The van der Waals surface area contributed by atoms with Crippen molar-refractivity contribution in [2.75, 3.05) is 7.11 Å². The molecular formula is C28H27N3O3. The lowest BCUT2D eigenvalue weighted by Gasteiger charge is -2.10. The molecule has 1 amide bonds. The molecule has 0 bridgehead atoms. The van der Waals surface area contributed by atoms with Crippen molar-refractivity contribution in [2.24, 2.45) is 0 Å². The number of aromatic nitrogens is 2. The van der Waals surface area contributed by atoms with Crippen LogP contribution < -0.4 is 10.1 Å². The van der Waals surface area contributed by atoms with Crippen molar-refractivity contribution in [3.63, 3.8) is 0 Å². The number of ketones is 1. The largest absolute Gasteiger partial charge is 0.496 e. The highest BCUT2D eigenvalue weighted by molar-refractivity contribution is 5.94. The summed E-state index contributed by atoms with van der Waals surface area (Å²) < 4.78 is 7.28. The first kappa shape index (κ1) is 23.0. The third kappa shape index (κ3) is 5.59. The van der Waals surface area contributed by atoms with E-state index >= 15 is 0 Å². The lowest BCUT2D eigenvalue weighted by molar-refractivity contribution is -0.120. The molecule has 1 heterocycles. The van der Waals surface area contributed by atoms with E-state index in [1.54, 1.807) is 25.3 Å². The third-order valence-electron chi connectivity index (χ3n) is 5.59. The van der Waals surface area contributed by atoms with Crippen LogP contribution in [0.1, 0.15) is 34.0 Å². The van der Waals surface area contributed by atoms with Gasteiger partial charge in [-0.15, -0.1) is 0 Å². The standard InChI is InChI=1S/C28H27N3O3/c1-20(32)23-13-14-26(34-2)24(15-23)16-27(33)29-17-25-19-31(18-21-9-5-3-6-10-21)30-28(25)22-11-7-4-8-12-22/h3-15,19H,16-18H2,1-2H3,(H,29,33). The molecule has 0 spiro atoms. The van der Waals surface area contributed by atoms with Gasteiger partial charge >= 0.3 is 0 Å². The Kier molecular flexibility index (Phi) is 7.18. The van der Waals surface area contributed by atoms with Gasteiger partial charge < -0.3 is 10.1 Å². The number of Topliss-reactive ketones (excluding diaryl/α,β-unsaturated/α-hetero) is 1. The summed E-state index contributed by atoms with van der Waals surface area (Å²) in [4.78, 5) is 24.6. The number of hydrogen-bond donors (Lipinski definition) is 1. The molecule has 1 N–H and O–H groups in total. The molecule has 0 atom stereocenters. The molecule has 0 radical (unpaired) electrons. The molecule has 1 aromatic heterocycles. The van der Waals surface area contributed by atoms with Crippen LogP contribution in [-0.2, 0) is 24.3 Å². The highest BCUT2D eigenvalue weighted by Gasteiger charge is 2.15. The number of amides is 1. The fraction of sp³-hybridized carbons (Fsp3) is 0.179. The van der Waals surface area contributed by atoms with Gasteiger partial charge in [-0.3, -0.25) is 14.3 Å². The summed E-state index contributed by atoms with van der Waals surface area (Å²) in [6, 6.07) is 25.2. The van der Waals surface area contributed by atoms with Crippen molar-refractivity contribution in [3.8, 4) is 17.0 Å². The molecule has 0 saturated carbocycles. The number of nitrogens with zero attached hydrogens (tertiary/aromatic N) is 2. The van der Waals surface area contributed by atoms with Crippen molar-refractivity contribution < 1.29 is 14.3 Å². The highest BCUT2D eigenvalue weighted by atomic mass is 16.5. The topological polar surface area (TPSA) is 73.2 Å². The monoisotopic (exact) mass is 453 g/mol. The average molecular weight is 454 g/mol. The summed E-state index contributed by atoms with van der Waals surface area (Å²) in [5.74, 6) is 0.372. The van der Waals surface area contributed by atoms with E-state index < -0.39 is 0 Å². The number of carbonyl (C=O) groups excluding carboxylic acids is 2. The molecule has 6 nitrogen and oxygen atoms in total. The lowest BCUT2D eigenvalue weighted by Crippen LogP contribution is -2.25. The quantitative estimate of drug-likeness (QED) is 0.374. The predicted octanol–water partition coefficient (Wildman–Crippen LogP) is 4.67. The molecule has 3 aromatic carbocycles. The van der Waals surface area contributed by atoms with Crippen molar-refractivity contribution in [3.05, 3.63) is 107 Å². The fourth-order valence-electron chi connectivity index (χ4n) is 3.85. The Morgan fingerprint density at radius 2 is 1.65 bits per heavy atom. The minimum atomic E-state index is -0.158. The van der Waals surface area contributed by atoms with E-state index in [1.165, 1.54) is 6.92 Å². The predicted molar refractivity (Wildman–Crippen MR) is 132 cm³/mol. The van der Waals surface area contributed by atoms with Crippen LogP contribution in [0, 0.1) is 0 Å². The molecule has 0 saturated heterocycles. The molecule has 172 valence electrons. The van der Waals surface area contributed by atoms with Gasteiger partial charge in [0.15, 0.2) is 5.78 Å². The maximum absolute atomic E-state index is 12.8. The van der Waals surface area contributed by atoms with Crippen molar-refractivity contribution in [2.45, 2.75) is 26.4 Å². The van der Waals surface area contributed by atoms with Crippen LogP contribution in [0.3, 0.4) is 0 Å². The van der Waals surface area contributed by atoms with Gasteiger partial charge in [-0.05, 0) is 30.7 Å². The normalized spacial score (nSPS) is 10.6. The van der Waals surface area contributed by atoms with Crippen LogP contribution in [-0.4, -0.2) is 28.6 Å². The summed E-state index contributed by atoms with van der Waals surface area (Å²) in [5.41, 5.74) is 5.15. The van der Waals surface area contributed by atoms with Crippen LogP contribution in [0.5, 0.6) is 5.75 Å². The van der Waals surface area contributed by atoms with Gasteiger partial charge in [0.25, 0.3) is 0 Å². The van der Waals surface area contributed by atoms with Crippen molar-refractivity contribution >= 4 is 11.7 Å². The molecule has 0 aliphatic carbocycles. The maximum Gasteiger partial charge on any atom is 0.224 e. The zero-order valence-electron chi connectivity index (χ0n) is 19.3. The maximum atomic E-state index is 12.8. The molecule has 6 heteroatoms. The first-order valence-corrected chi connectivity index (χ1v) is 11.1. The van der Waals surface area contributed by atoms with Crippen molar-refractivity contribution in [1.29, 1.82) is 0 Å². The first-order valence-electron chi connectivity index (χ1n) is 11.1. The summed E-state index contributed by atoms with van der Waals surface area (Å²) in [6.07, 6.45) is 2.09. The Morgan fingerprint density at radius 3 is 2.32 bits per heavy atom. The Morgan fingerprint density at radius 1 is 0.941 bits per heavy atom. The Balaban J connectivity index is 1.52. The van der Waals surface area contributed by atoms with Gasteiger partial charge in [-0.2, -0.15) is 5.10 Å². The van der Waals surface area contributed by atoms with Crippen molar-refractivity contribution in [1.82, 2.24) is 15.1 Å². The van der Waals surface area contributed by atoms with E-state index in [0.717, 1.165) is 22.4 Å². The highest BCUT2D eigenvalue weighted by Crippen LogP contribution is 2.23. The fourth-order valence-corrected chi connectivity index (χ4v) is 3.85. The van der Waals surface area contributed by atoms with Crippen LogP contribution in [0.4, 0.5) is 0 Å². The number of ether oxygens (including phenoxy) is 1. The molecule has 0 aliphatic heterocycles. The van der Waals surface area contributed by atoms with E-state index in [-0.39, 0.29) is 18.1 Å². The van der Waals surface area contributed by atoms with Gasteiger partial charge in [0, 0.05) is 35.0 Å². The van der Waals surface area contributed by atoms with Crippen LogP contribution in [0.15, 0.2) is 85.1 Å². The lowest BCUT2D eigenvalue weighted by atomic mass is 10.0. The van der Waals surface area contributed by atoms with Crippen LogP contribution in [0.25, 0.3) is 11.3 Å². The minimum absolute atomic E-state index is 0.0531. The Labute approximate surface area is 199 Å². The van der Waals surface area contributed by atoms with Gasteiger partial charge in [-0.25, -0.2) is 0 Å². The zero-order valence-corrected chi connectivity index (χ0v) is 19.3. The summed E-state index contributed by atoms with van der Waals surface area (Å²) in [6.45, 7) is 2.49. The average Bonchev–Trinajstić information content (AvgIpc) is 3.26. The van der Waals surface area contributed by atoms with E-state index in [0.29, 0.717) is 30.0 Å². The molecule has 0 aliphatic rings. The smallest absolute Gasteiger partial charge is 0.224 e. The molecule has 4 rings (SSSR count). The molecule has 34 heavy (non-hydrogen) atoms. The third-order valence-corrected chi connectivity index (χ3v) is 5.59. The molecule has 0 fully saturated rings. The number of nitrogens with one attached hydrogen (secondary N) is 1. The number of hydrogen-bond acceptors (Lipinski definition) is 4. The van der Waals surface area contributed by atoms with E-state index in [4.69, 9.17) is 9.84 Å². The molecule has 4 aromatic rings. The Hall–Kier alpha value is -4.19. The van der Waals surface area contributed by atoms with E-state index in [9.17, 15) is 9.59 Å². The second kappa shape index (κ2) is 10.6. The van der Waals surface area contributed by atoms with E-state index in [2.05, 4.69) is 17.4 Å². The van der Waals surface area contributed by atoms with Crippen LogP contribution >= 0.6 is 0 Å². The zero-order chi connectivity index (χ0) is 23.9. The van der Waals surface area contributed by atoms with Gasteiger partial charge in [0.05, 0.1) is 25.8 Å². The number of carbonyl (C=O) groups is 2. The summed E-state index contributed by atoms with van der Waals surface area (Å²) in [7, 11) is 1.55. The molecule has 0 unspecified atom stereocenters. The number of benzene rings is 3. The second-order valence-corrected chi connectivity index (χ2v) is 8.09. The first-order chi connectivity index (χ1) is 16.5. The number of rotatable bonds is 9.